The van der Waals surface area contributed by atoms with Crippen molar-refractivity contribution in [1.29, 1.82) is 0 Å². The van der Waals surface area contributed by atoms with E-state index in [2.05, 4.69) is 32.1 Å². The SMILES string of the molecule is CCCC/C=C\CCCCCCCC(=O)OC[C@H](COP(=O)([O-])OCC[N+](C)(C)C)OC(=O)CCCCCCC[C@H](O)[C@@H](O)C/C=C\CCCCC. The predicted octanol–water partition coefficient (Wildman–Crippen LogP) is 8.11. The summed E-state index contributed by atoms with van der Waals surface area (Å²) in [6, 6.07) is 0. The van der Waals surface area contributed by atoms with Crippen LogP contribution in [0, 0.1) is 0 Å². The Kier molecular flexibility index (Phi) is 31.8. The molecule has 0 heterocycles. The van der Waals surface area contributed by atoms with Gasteiger partial charge in [-0.05, 0) is 57.8 Å². The first-order chi connectivity index (χ1) is 24.8. The minimum atomic E-state index is -4.66. The van der Waals surface area contributed by atoms with E-state index >= 15 is 0 Å². The van der Waals surface area contributed by atoms with Crippen LogP contribution in [-0.2, 0) is 32.7 Å². The Morgan fingerprint density at radius 1 is 0.673 bits per heavy atom. The van der Waals surface area contributed by atoms with Gasteiger partial charge in [0.2, 0.25) is 0 Å². The van der Waals surface area contributed by atoms with Crippen LogP contribution in [0.25, 0.3) is 0 Å². The number of ether oxygens (including phenoxy) is 2. The second kappa shape index (κ2) is 32.8. The second-order valence-corrected chi connectivity index (χ2v) is 16.4. The number of unbranched alkanes of at least 4 members (excludes halogenated alkanes) is 14. The summed E-state index contributed by atoms with van der Waals surface area (Å²) in [6.45, 7) is 3.92. The zero-order valence-electron chi connectivity index (χ0n) is 33.5. The molecule has 12 heteroatoms. The van der Waals surface area contributed by atoms with Crippen LogP contribution in [0.5, 0.6) is 0 Å². The molecule has 1 unspecified atom stereocenters. The van der Waals surface area contributed by atoms with Gasteiger partial charge in [0.15, 0.2) is 6.10 Å². The average Bonchev–Trinajstić information content (AvgIpc) is 3.08. The van der Waals surface area contributed by atoms with Crippen molar-refractivity contribution >= 4 is 19.8 Å². The lowest BCUT2D eigenvalue weighted by Crippen LogP contribution is -2.37. The molecule has 0 radical (unpaired) electrons. The summed E-state index contributed by atoms with van der Waals surface area (Å²) < 4.78 is 33.6. The molecule has 306 valence electrons. The van der Waals surface area contributed by atoms with E-state index in [4.69, 9.17) is 18.5 Å². The molecule has 0 aliphatic heterocycles. The standard InChI is InChI=1S/C40H76NO10P/c1-6-8-10-12-14-15-16-17-18-22-26-30-39(44)48-34-36(35-50-52(46,47)49-33-32-41(3,4)5)51-40(45)31-27-23-19-21-25-29-38(43)37(42)28-24-20-13-11-9-7-2/h12,14,20,24,36-38,42-43H,6-11,13,15-19,21-23,25-35H2,1-5H3/b14-12-,24-20-/t36-,37+,38+/m1/s1. The van der Waals surface area contributed by atoms with Gasteiger partial charge in [-0.3, -0.25) is 14.2 Å². The van der Waals surface area contributed by atoms with Crippen molar-refractivity contribution < 1.29 is 52.3 Å². The van der Waals surface area contributed by atoms with Gasteiger partial charge in [-0.1, -0.05) is 109 Å². The molecule has 0 aromatic carbocycles. The highest BCUT2D eigenvalue weighted by Gasteiger charge is 2.22. The maximum Gasteiger partial charge on any atom is 0.306 e. The number of aliphatic hydroxyl groups excluding tert-OH is 2. The van der Waals surface area contributed by atoms with Crippen LogP contribution in [0.1, 0.15) is 155 Å². The number of carbonyl (C=O) groups is 2. The Labute approximate surface area is 316 Å². The van der Waals surface area contributed by atoms with Crippen molar-refractivity contribution in [2.45, 2.75) is 173 Å². The van der Waals surface area contributed by atoms with E-state index in [0.29, 0.717) is 36.7 Å². The van der Waals surface area contributed by atoms with Gasteiger partial charge in [-0.15, -0.1) is 0 Å². The fraction of sp³-hybridized carbons (Fsp3) is 0.850. The molecule has 0 aliphatic carbocycles. The van der Waals surface area contributed by atoms with Gasteiger partial charge in [-0.25, -0.2) is 0 Å². The minimum absolute atomic E-state index is 0.0601. The molecule has 0 saturated carbocycles. The van der Waals surface area contributed by atoms with E-state index in [1.165, 1.54) is 25.7 Å². The number of phosphoric acid groups is 1. The fourth-order valence-corrected chi connectivity index (χ4v) is 5.97. The molecular weight excluding hydrogens is 685 g/mol. The summed E-state index contributed by atoms with van der Waals surface area (Å²) in [4.78, 5) is 37.4. The summed E-state index contributed by atoms with van der Waals surface area (Å²) in [5.74, 6) is -0.959. The summed E-state index contributed by atoms with van der Waals surface area (Å²) in [5.41, 5.74) is 0. The lowest BCUT2D eigenvalue weighted by molar-refractivity contribution is -0.870. The summed E-state index contributed by atoms with van der Waals surface area (Å²) >= 11 is 0. The number of phosphoric ester groups is 1. The molecule has 4 atom stereocenters. The normalized spacial score (nSPS) is 15.2. The van der Waals surface area contributed by atoms with Gasteiger partial charge in [0.05, 0.1) is 40.0 Å². The Hall–Kier alpha value is -1.59. The lowest BCUT2D eigenvalue weighted by Gasteiger charge is -2.28. The van der Waals surface area contributed by atoms with Crippen molar-refractivity contribution in [2.24, 2.45) is 0 Å². The van der Waals surface area contributed by atoms with Crippen molar-refractivity contribution in [1.82, 2.24) is 0 Å². The van der Waals surface area contributed by atoms with E-state index in [1.54, 1.807) is 0 Å². The van der Waals surface area contributed by atoms with Crippen molar-refractivity contribution in [3.63, 3.8) is 0 Å². The maximum atomic E-state index is 12.6. The highest BCUT2D eigenvalue weighted by atomic mass is 31.2. The number of nitrogens with zero attached hydrogens (tertiary/aromatic N) is 1. The number of allylic oxidation sites excluding steroid dienone is 3. The molecule has 0 fully saturated rings. The first-order valence-corrected chi connectivity index (χ1v) is 21.7. The van der Waals surface area contributed by atoms with Crippen LogP contribution in [0.4, 0.5) is 0 Å². The third-order valence-electron chi connectivity index (χ3n) is 8.64. The Morgan fingerprint density at radius 2 is 1.21 bits per heavy atom. The number of aliphatic hydroxyl groups is 2. The number of quaternary nitrogens is 1. The van der Waals surface area contributed by atoms with Crippen molar-refractivity contribution in [3.05, 3.63) is 24.3 Å². The van der Waals surface area contributed by atoms with Crippen LogP contribution in [0.15, 0.2) is 24.3 Å². The van der Waals surface area contributed by atoms with Gasteiger partial charge < -0.3 is 38.1 Å². The molecule has 0 amide bonds. The number of hydrogen-bond donors (Lipinski definition) is 2. The molecule has 0 bridgehead atoms. The smallest absolute Gasteiger partial charge is 0.306 e. The van der Waals surface area contributed by atoms with E-state index in [-0.39, 0.29) is 26.1 Å². The molecule has 11 nitrogen and oxygen atoms in total. The highest BCUT2D eigenvalue weighted by Crippen LogP contribution is 2.38. The van der Waals surface area contributed by atoms with E-state index < -0.39 is 44.7 Å². The van der Waals surface area contributed by atoms with Crippen molar-refractivity contribution in [3.8, 4) is 0 Å². The average molecular weight is 762 g/mol. The molecule has 0 saturated heterocycles. The summed E-state index contributed by atoms with van der Waals surface area (Å²) in [7, 11) is 1.06. The first kappa shape index (κ1) is 50.4. The van der Waals surface area contributed by atoms with Crippen LogP contribution in [0.3, 0.4) is 0 Å². The molecular formula is C40H76NO10P. The number of carbonyl (C=O) groups excluding carboxylic acids is 2. The van der Waals surface area contributed by atoms with Crippen LogP contribution >= 0.6 is 7.82 Å². The zero-order chi connectivity index (χ0) is 38.9. The molecule has 0 aliphatic rings. The number of esters is 2. The first-order valence-electron chi connectivity index (χ1n) is 20.2. The number of hydrogen-bond acceptors (Lipinski definition) is 10. The highest BCUT2D eigenvalue weighted by molar-refractivity contribution is 7.45. The monoisotopic (exact) mass is 762 g/mol. The lowest BCUT2D eigenvalue weighted by atomic mass is 10.0. The van der Waals surface area contributed by atoms with Gasteiger partial charge >= 0.3 is 11.9 Å². The fourth-order valence-electron chi connectivity index (χ4n) is 5.25. The molecule has 52 heavy (non-hydrogen) atoms. The quantitative estimate of drug-likeness (QED) is 0.0211. The van der Waals surface area contributed by atoms with Gasteiger partial charge in [0.1, 0.15) is 19.8 Å². The Bertz CT molecular complexity index is 984. The van der Waals surface area contributed by atoms with Gasteiger partial charge in [0.25, 0.3) is 7.82 Å². The number of likely N-dealkylation sites (N-methyl/N-ethyl adjacent to an activating group) is 1. The van der Waals surface area contributed by atoms with Crippen LogP contribution in [-0.4, -0.2) is 92.5 Å². The van der Waals surface area contributed by atoms with E-state index in [1.807, 2.05) is 27.2 Å². The maximum absolute atomic E-state index is 12.6. The molecule has 0 aromatic rings. The van der Waals surface area contributed by atoms with E-state index in [0.717, 1.165) is 77.0 Å². The number of rotatable bonds is 36. The van der Waals surface area contributed by atoms with Gasteiger partial charge in [0, 0.05) is 12.8 Å². The third kappa shape index (κ3) is 34.2. The zero-order valence-corrected chi connectivity index (χ0v) is 34.4. The largest absolute Gasteiger partial charge is 0.756 e. The van der Waals surface area contributed by atoms with Gasteiger partial charge in [-0.2, -0.15) is 0 Å². The van der Waals surface area contributed by atoms with Crippen LogP contribution in [0.2, 0.25) is 0 Å². The summed E-state index contributed by atoms with van der Waals surface area (Å²) in [6.07, 6.45) is 25.2. The topological polar surface area (TPSA) is 152 Å². The molecule has 0 rings (SSSR count). The van der Waals surface area contributed by atoms with Crippen LogP contribution < -0.4 is 4.89 Å². The second-order valence-electron chi connectivity index (χ2n) is 14.9. The van der Waals surface area contributed by atoms with E-state index in [9.17, 15) is 29.3 Å². The predicted molar refractivity (Wildman–Crippen MR) is 206 cm³/mol. The Morgan fingerprint density at radius 3 is 1.85 bits per heavy atom. The summed E-state index contributed by atoms with van der Waals surface area (Å²) in [5, 5.41) is 20.4. The van der Waals surface area contributed by atoms with Crippen molar-refractivity contribution in [2.75, 3.05) is 47.5 Å². The minimum Gasteiger partial charge on any atom is -0.756 e. The Balaban J connectivity index is 4.55. The molecule has 0 spiro atoms. The molecule has 2 N–H and O–H groups in total. The third-order valence-corrected chi connectivity index (χ3v) is 9.61. The molecule has 0 aromatic heterocycles.